The van der Waals surface area contributed by atoms with Gasteiger partial charge in [-0.1, -0.05) is 36.5 Å². The van der Waals surface area contributed by atoms with Crippen LogP contribution in [0.5, 0.6) is 0 Å². The molecule has 3 nitrogen and oxygen atoms in total. The van der Waals surface area contributed by atoms with E-state index in [0.717, 1.165) is 12.8 Å². The Morgan fingerprint density at radius 1 is 1.24 bits per heavy atom. The molecule has 1 rings (SSSR count). The van der Waals surface area contributed by atoms with Crippen molar-refractivity contribution in [2.75, 3.05) is 13.6 Å². The topological polar surface area (TPSA) is 37.4 Å². The van der Waals surface area contributed by atoms with Crippen molar-refractivity contribution in [2.45, 2.75) is 24.7 Å². The van der Waals surface area contributed by atoms with Crippen LogP contribution in [0, 0.1) is 0 Å². The van der Waals surface area contributed by atoms with Crippen LogP contribution in [-0.2, 0) is 10.0 Å². The predicted octanol–water partition coefficient (Wildman–Crippen LogP) is 3.41. The monoisotopic (exact) mass is 295 g/mol. The van der Waals surface area contributed by atoms with E-state index in [4.69, 9.17) is 23.2 Å². The van der Waals surface area contributed by atoms with Crippen LogP contribution in [0.1, 0.15) is 19.8 Å². The third-order valence-electron chi connectivity index (χ3n) is 2.43. The van der Waals surface area contributed by atoms with E-state index in [9.17, 15) is 8.42 Å². The van der Waals surface area contributed by atoms with E-state index < -0.39 is 10.0 Å². The van der Waals surface area contributed by atoms with Gasteiger partial charge >= 0.3 is 0 Å². The number of nitrogens with zero attached hydrogens (tertiary/aromatic N) is 1. The molecule has 0 aliphatic rings. The summed E-state index contributed by atoms with van der Waals surface area (Å²) in [6.45, 7) is 2.51. The molecule has 0 unspecified atom stereocenters. The standard InChI is InChI=1S/C11H15Cl2NO2S/c1-3-4-7-14(2)17(15,16)9-5-6-10(12)11(13)8-9/h5-6,8H,3-4,7H2,1-2H3. The smallest absolute Gasteiger partial charge is 0.207 e. The molecule has 6 heteroatoms. The molecule has 0 saturated carbocycles. The Labute approximate surface area is 112 Å². The highest BCUT2D eigenvalue weighted by molar-refractivity contribution is 7.89. The molecule has 0 radical (unpaired) electrons. The molecule has 0 bridgehead atoms. The van der Waals surface area contributed by atoms with Crippen LogP contribution in [0.3, 0.4) is 0 Å². The second kappa shape index (κ2) is 6.05. The zero-order valence-corrected chi connectivity index (χ0v) is 12.1. The predicted molar refractivity (Wildman–Crippen MR) is 71.2 cm³/mol. The van der Waals surface area contributed by atoms with E-state index in [0.29, 0.717) is 11.6 Å². The van der Waals surface area contributed by atoms with Crippen LogP contribution >= 0.6 is 23.2 Å². The van der Waals surface area contributed by atoms with Crippen molar-refractivity contribution in [2.24, 2.45) is 0 Å². The van der Waals surface area contributed by atoms with E-state index in [1.54, 1.807) is 7.05 Å². The number of rotatable bonds is 5. The molecule has 0 spiro atoms. The van der Waals surface area contributed by atoms with Gasteiger partial charge in [0.2, 0.25) is 10.0 Å². The van der Waals surface area contributed by atoms with Crippen molar-refractivity contribution in [1.29, 1.82) is 0 Å². The highest BCUT2D eigenvalue weighted by Gasteiger charge is 2.20. The molecule has 0 atom stereocenters. The minimum Gasteiger partial charge on any atom is -0.207 e. The Bertz CT molecular complexity index is 488. The molecule has 0 amide bonds. The number of hydrogen-bond donors (Lipinski definition) is 0. The average molecular weight is 296 g/mol. The van der Waals surface area contributed by atoms with E-state index in [-0.39, 0.29) is 9.92 Å². The third-order valence-corrected chi connectivity index (χ3v) is 5.02. The summed E-state index contributed by atoms with van der Waals surface area (Å²) in [7, 11) is -1.90. The lowest BCUT2D eigenvalue weighted by Crippen LogP contribution is -2.27. The first-order valence-electron chi connectivity index (χ1n) is 5.31. The summed E-state index contributed by atoms with van der Waals surface area (Å²) in [6, 6.07) is 4.33. The van der Waals surface area contributed by atoms with Crippen LogP contribution in [0.4, 0.5) is 0 Å². The van der Waals surface area contributed by atoms with Gasteiger partial charge in [-0.3, -0.25) is 0 Å². The fraction of sp³-hybridized carbons (Fsp3) is 0.455. The Morgan fingerprint density at radius 3 is 2.41 bits per heavy atom. The molecular formula is C11H15Cl2NO2S. The van der Waals surface area contributed by atoms with E-state index in [2.05, 4.69) is 0 Å². The third kappa shape index (κ3) is 3.58. The highest BCUT2D eigenvalue weighted by Crippen LogP contribution is 2.26. The van der Waals surface area contributed by atoms with Crippen LogP contribution < -0.4 is 0 Å². The molecule has 0 aliphatic carbocycles. The fourth-order valence-corrected chi connectivity index (χ4v) is 2.92. The van der Waals surface area contributed by atoms with Crippen molar-refractivity contribution in [3.63, 3.8) is 0 Å². The van der Waals surface area contributed by atoms with Gasteiger partial charge in [0, 0.05) is 13.6 Å². The minimum atomic E-state index is -3.46. The van der Waals surface area contributed by atoms with E-state index in [1.165, 1.54) is 22.5 Å². The molecule has 17 heavy (non-hydrogen) atoms. The molecule has 0 fully saturated rings. The summed E-state index contributed by atoms with van der Waals surface area (Å²) in [4.78, 5) is 0.172. The maximum absolute atomic E-state index is 12.1. The number of unbranched alkanes of at least 4 members (excludes halogenated alkanes) is 1. The first-order valence-corrected chi connectivity index (χ1v) is 7.50. The number of sulfonamides is 1. The quantitative estimate of drug-likeness (QED) is 0.835. The highest BCUT2D eigenvalue weighted by atomic mass is 35.5. The van der Waals surface area contributed by atoms with Gasteiger partial charge in [-0.05, 0) is 24.6 Å². The Kier molecular flexibility index (Phi) is 5.25. The molecule has 0 aromatic heterocycles. The molecule has 1 aromatic rings. The van der Waals surface area contributed by atoms with Gasteiger partial charge < -0.3 is 0 Å². The summed E-state index contributed by atoms with van der Waals surface area (Å²) >= 11 is 11.6. The number of halogens is 2. The fourth-order valence-electron chi connectivity index (χ4n) is 1.32. The SMILES string of the molecule is CCCCN(C)S(=O)(=O)c1ccc(Cl)c(Cl)c1. The molecule has 0 N–H and O–H groups in total. The zero-order valence-electron chi connectivity index (χ0n) is 9.78. The van der Waals surface area contributed by atoms with Crippen LogP contribution in [0.15, 0.2) is 23.1 Å². The summed E-state index contributed by atoms with van der Waals surface area (Å²) in [5.41, 5.74) is 0. The lowest BCUT2D eigenvalue weighted by atomic mass is 10.3. The largest absolute Gasteiger partial charge is 0.242 e. The van der Waals surface area contributed by atoms with Gasteiger partial charge in [0.15, 0.2) is 0 Å². The van der Waals surface area contributed by atoms with Gasteiger partial charge in [-0.25, -0.2) is 12.7 Å². The number of hydrogen-bond acceptors (Lipinski definition) is 2. The van der Waals surface area contributed by atoms with Gasteiger partial charge in [0.25, 0.3) is 0 Å². The second-order valence-electron chi connectivity index (χ2n) is 3.76. The molecule has 0 saturated heterocycles. The van der Waals surface area contributed by atoms with Crippen molar-refractivity contribution in [3.8, 4) is 0 Å². The first kappa shape index (κ1) is 14.8. The van der Waals surface area contributed by atoms with Crippen molar-refractivity contribution < 1.29 is 8.42 Å². The average Bonchev–Trinajstić information content (AvgIpc) is 2.29. The normalized spacial score (nSPS) is 12.1. The molecule has 0 heterocycles. The molecule has 0 aliphatic heterocycles. The van der Waals surface area contributed by atoms with Gasteiger partial charge in [0.05, 0.1) is 14.9 Å². The van der Waals surface area contributed by atoms with Crippen molar-refractivity contribution in [1.82, 2.24) is 4.31 Å². The van der Waals surface area contributed by atoms with Crippen LogP contribution in [0.2, 0.25) is 10.0 Å². The summed E-state index contributed by atoms with van der Waals surface area (Å²) < 4.78 is 25.6. The molecular weight excluding hydrogens is 281 g/mol. The second-order valence-corrected chi connectivity index (χ2v) is 6.62. The molecule has 1 aromatic carbocycles. The van der Waals surface area contributed by atoms with E-state index >= 15 is 0 Å². The van der Waals surface area contributed by atoms with Crippen LogP contribution in [-0.4, -0.2) is 26.3 Å². The van der Waals surface area contributed by atoms with Gasteiger partial charge in [-0.2, -0.15) is 0 Å². The van der Waals surface area contributed by atoms with Crippen LogP contribution in [0.25, 0.3) is 0 Å². The Hall–Kier alpha value is -0.290. The maximum atomic E-state index is 12.1. The number of benzene rings is 1. The van der Waals surface area contributed by atoms with Crippen molar-refractivity contribution in [3.05, 3.63) is 28.2 Å². The van der Waals surface area contributed by atoms with Crippen molar-refractivity contribution >= 4 is 33.2 Å². The van der Waals surface area contributed by atoms with E-state index in [1.807, 2.05) is 6.92 Å². The lowest BCUT2D eigenvalue weighted by molar-refractivity contribution is 0.459. The summed E-state index contributed by atoms with van der Waals surface area (Å²) in [5.74, 6) is 0. The molecule has 96 valence electrons. The maximum Gasteiger partial charge on any atom is 0.242 e. The Morgan fingerprint density at radius 2 is 1.88 bits per heavy atom. The van der Waals surface area contributed by atoms with Gasteiger partial charge in [-0.15, -0.1) is 0 Å². The van der Waals surface area contributed by atoms with Gasteiger partial charge in [0.1, 0.15) is 0 Å². The lowest BCUT2D eigenvalue weighted by Gasteiger charge is -2.17. The zero-order chi connectivity index (χ0) is 13.1. The summed E-state index contributed by atoms with van der Waals surface area (Å²) in [5, 5.41) is 0.596. The first-order chi connectivity index (χ1) is 7.89. The minimum absolute atomic E-state index is 0.172. The summed E-state index contributed by atoms with van der Waals surface area (Å²) in [6.07, 6.45) is 1.78. The Balaban J connectivity index is 3.00.